The van der Waals surface area contributed by atoms with Crippen LogP contribution in [0.2, 0.25) is 0 Å². The number of unbranched alkanes of at least 4 members (excludes halogenated alkanes) is 19. The third-order valence-electron chi connectivity index (χ3n) is 7.98. The van der Waals surface area contributed by atoms with E-state index in [1.807, 2.05) is 0 Å². The zero-order chi connectivity index (χ0) is 29.7. The van der Waals surface area contributed by atoms with Gasteiger partial charge in [-0.15, -0.1) is 0 Å². The highest BCUT2D eigenvalue weighted by atomic mass is 16.3. The first kappa shape index (κ1) is 39.0. The van der Waals surface area contributed by atoms with Crippen LogP contribution in [0.5, 0.6) is 0 Å². The van der Waals surface area contributed by atoms with Crippen LogP contribution >= 0.6 is 0 Å². The largest absolute Gasteiger partial charge is 0.394 e. The molecule has 6 nitrogen and oxygen atoms in total. The average molecular weight is 570 g/mol. The Hall–Kier alpha value is -0.950. The van der Waals surface area contributed by atoms with Gasteiger partial charge in [-0.1, -0.05) is 142 Å². The van der Waals surface area contributed by atoms with Gasteiger partial charge in [0.25, 0.3) is 0 Å². The Morgan fingerprint density at radius 3 is 1.48 bits per heavy atom. The maximum Gasteiger partial charge on any atom is 0.249 e. The molecule has 0 aromatic rings. The normalized spacial score (nSPS) is 14.8. The molecule has 4 unspecified atom stereocenters. The van der Waals surface area contributed by atoms with Crippen LogP contribution in [-0.2, 0) is 4.79 Å². The topological polar surface area (TPSA) is 110 Å². The lowest BCUT2D eigenvalue weighted by molar-refractivity contribution is -0.132. The first-order chi connectivity index (χ1) is 19.5. The maximum absolute atomic E-state index is 12.4. The second-order valence-electron chi connectivity index (χ2n) is 11.9. The minimum atomic E-state index is -1.26. The first-order valence-electron chi connectivity index (χ1n) is 17.1. The summed E-state index contributed by atoms with van der Waals surface area (Å²) >= 11 is 0. The number of carbonyl (C=O) groups excluding carboxylic acids is 1. The molecule has 0 fully saturated rings. The number of hydrogen-bond donors (Lipinski definition) is 5. The summed E-state index contributed by atoms with van der Waals surface area (Å²) in [4.78, 5) is 12.4. The van der Waals surface area contributed by atoms with Crippen LogP contribution < -0.4 is 5.32 Å². The van der Waals surface area contributed by atoms with Gasteiger partial charge in [-0.2, -0.15) is 0 Å². The van der Waals surface area contributed by atoms with Gasteiger partial charge in [0.05, 0.1) is 18.8 Å². The summed E-state index contributed by atoms with van der Waals surface area (Å²) in [7, 11) is 0. The number of allylic oxidation sites excluding steroid dienone is 2. The van der Waals surface area contributed by atoms with Crippen LogP contribution in [0.4, 0.5) is 0 Å². The second kappa shape index (κ2) is 29.5. The summed E-state index contributed by atoms with van der Waals surface area (Å²) in [6, 6.07) is -0.987. The van der Waals surface area contributed by atoms with Gasteiger partial charge in [0.15, 0.2) is 0 Å². The minimum absolute atomic E-state index is 0.340. The fourth-order valence-corrected chi connectivity index (χ4v) is 5.16. The summed E-state index contributed by atoms with van der Waals surface area (Å²) in [6.45, 7) is 3.99. The van der Waals surface area contributed by atoms with Crippen LogP contribution in [-0.4, -0.2) is 57.3 Å². The van der Waals surface area contributed by atoms with Crippen molar-refractivity contribution in [1.82, 2.24) is 5.32 Å². The molecule has 0 rings (SSSR count). The fourth-order valence-electron chi connectivity index (χ4n) is 5.16. The number of amides is 1. The number of nitrogens with one attached hydrogen (secondary N) is 1. The van der Waals surface area contributed by atoms with E-state index in [2.05, 4.69) is 31.3 Å². The van der Waals surface area contributed by atoms with Crippen LogP contribution in [0.15, 0.2) is 12.2 Å². The van der Waals surface area contributed by atoms with Gasteiger partial charge < -0.3 is 25.7 Å². The van der Waals surface area contributed by atoms with E-state index >= 15 is 0 Å². The molecule has 0 saturated heterocycles. The molecule has 4 atom stereocenters. The van der Waals surface area contributed by atoms with Crippen LogP contribution in [0.3, 0.4) is 0 Å². The summed E-state index contributed by atoms with van der Waals surface area (Å²) in [5.74, 6) is -0.603. The van der Waals surface area contributed by atoms with Gasteiger partial charge >= 0.3 is 0 Å². The maximum atomic E-state index is 12.4. The second-order valence-corrected chi connectivity index (χ2v) is 11.9. The van der Waals surface area contributed by atoms with E-state index in [4.69, 9.17) is 0 Å². The van der Waals surface area contributed by atoms with Gasteiger partial charge in [-0.3, -0.25) is 4.79 Å². The monoisotopic (exact) mass is 570 g/mol. The van der Waals surface area contributed by atoms with Crippen molar-refractivity contribution in [3.8, 4) is 0 Å². The molecule has 0 spiro atoms. The molecule has 0 aliphatic carbocycles. The summed E-state index contributed by atoms with van der Waals surface area (Å²) in [6.07, 6.45) is 28.0. The lowest BCUT2D eigenvalue weighted by Gasteiger charge is -2.27. The molecule has 5 N–H and O–H groups in total. The molecular formula is C34H67NO5. The molecule has 0 aliphatic rings. The molecule has 0 aromatic carbocycles. The Morgan fingerprint density at radius 1 is 0.600 bits per heavy atom. The van der Waals surface area contributed by atoms with Gasteiger partial charge in [0.1, 0.15) is 12.2 Å². The van der Waals surface area contributed by atoms with E-state index in [1.54, 1.807) is 0 Å². The van der Waals surface area contributed by atoms with E-state index in [0.717, 1.165) is 44.9 Å². The predicted molar refractivity (Wildman–Crippen MR) is 168 cm³/mol. The van der Waals surface area contributed by atoms with Gasteiger partial charge in [-0.05, 0) is 38.5 Å². The van der Waals surface area contributed by atoms with E-state index in [-0.39, 0.29) is 0 Å². The lowest BCUT2D eigenvalue weighted by Crippen LogP contribution is -2.53. The summed E-state index contributed by atoms with van der Waals surface area (Å²) < 4.78 is 0. The Labute approximate surface area is 247 Å². The van der Waals surface area contributed by atoms with Crippen LogP contribution in [0, 0.1) is 0 Å². The fraction of sp³-hybridized carbons (Fsp3) is 0.912. The van der Waals surface area contributed by atoms with Crippen LogP contribution in [0.1, 0.15) is 168 Å². The van der Waals surface area contributed by atoms with E-state index in [9.17, 15) is 25.2 Å². The molecule has 0 radical (unpaired) electrons. The summed E-state index contributed by atoms with van der Waals surface area (Å²) in [5, 5.41) is 43.2. The molecule has 0 bridgehead atoms. The van der Waals surface area contributed by atoms with Crippen molar-refractivity contribution in [2.45, 2.75) is 192 Å². The number of aliphatic hydroxyl groups excluding tert-OH is 4. The number of carbonyl (C=O) groups is 1. The predicted octanol–water partition coefficient (Wildman–Crippen LogP) is 7.50. The molecule has 6 heteroatoms. The average Bonchev–Trinajstić information content (AvgIpc) is 2.96. The Bertz CT molecular complexity index is 571. The van der Waals surface area contributed by atoms with Crippen molar-refractivity contribution >= 4 is 5.91 Å². The van der Waals surface area contributed by atoms with E-state index < -0.39 is 36.9 Å². The third-order valence-corrected chi connectivity index (χ3v) is 7.98. The lowest BCUT2D eigenvalue weighted by atomic mass is 9.99. The van der Waals surface area contributed by atoms with Gasteiger partial charge in [-0.25, -0.2) is 0 Å². The zero-order valence-electron chi connectivity index (χ0n) is 26.3. The molecule has 40 heavy (non-hydrogen) atoms. The van der Waals surface area contributed by atoms with E-state index in [0.29, 0.717) is 12.8 Å². The standard InChI is InChI=1S/C34H67NO5/c1-3-5-7-9-11-13-15-17-19-21-23-25-27-31(37)33(39)30(29-36)35-34(40)32(38)28-26-24-22-20-18-16-14-12-10-8-6-4-2/h18,20,30-33,36-39H,3-17,19,21-29H2,1-2H3,(H,35,40)/b20-18-. The minimum Gasteiger partial charge on any atom is -0.394 e. The highest BCUT2D eigenvalue weighted by Gasteiger charge is 2.28. The van der Waals surface area contributed by atoms with E-state index in [1.165, 1.54) is 96.3 Å². The molecule has 0 heterocycles. The number of aliphatic hydroxyl groups is 4. The number of hydrogen-bond acceptors (Lipinski definition) is 5. The molecule has 0 saturated carbocycles. The zero-order valence-corrected chi connectivity index (χ0v) is 26.3. The van der Waals surface area contributed by atoms with Crippen molar-refractivity contribution in [3.63, 3.8) is 0 Å². The molecular weight excluding hydrogens is 502 g/mol. The van der Waals surface area contributed by atoms with Gasteiger partial charge in [0, 0.05) is 0 Å². The third kappa shape index (κ3) is 23.7. The Morgan fingerprint density at radius 2 is 1.00 bits per heavy atom. The summed E-state index contributed by atoms with van der Waals surface area (Å²) in [5.41, 5.74) is 0. The van der Waals surface area contributed by atoms with Crippen LogP contribution in [0.25, 0.3) is 0 Å². The highest BCUT2D eigenvalue weighted by molar-refractivity contribution is 5.80. The Balaban J connectivity index is 3.90. The smallest absolute Gasteiger partial charge is 0.249 e. The molecule has 238 valence electrons. The van der Waals surface area contributed by atoms with Crippen molar-refractivity contribution in [2.24, 2.45) is 0 Å². The molecule has 0 aliphatic heterocycles. The highest BCUT2D eigenvalue weighted by Crippen LogP contribution is 2.15. The van der Waals surface area contributed by atoms with Crippen molar-refractivity contribution in [2.75, 3.05) is 6.61 Å². The SMILES string of the molecule is CCCCCCCC/C=C\CCCCC(O)C(=O)NC(CO)C(O)C(O)CCCCCCCCCCCCCC. The quantitative estimate of drug-likeness (QED) is 0.0454. The molecule has 0 aromatic heterocycles. The van der Waals surface area contributed by atoms with Crippen molar-refractivity contribution in [1.29, 1.82) is 0 Å². The van der Waals surface area contributed by atoms with Crippen molar-refractivity contribution < 1.29 is 25.2 Å². The first-order valence-corrected chi connectivity index (χ1v) is 17.1. The Kier molecular flexibility index (Phi) is 28.8. The number of rotatable bonds is 30. The van der Waals surface area contributed by atoms with Crippen molar-refractivity contribution in [3.05, 3.63) is 12.2 Å². The molecule has 1 amide bonds. The van der Waals surface area contributed by atoms with Gasteiger partial charge in [0.2, 0.25) is 5.91 Å².